The average molecular weight is 286 g/mol. The number of primary sulfonamides is 1. The predicted molar refractivity (Wildman–Crippen MR) is 54.0 cm³/mol. The van der Waals surface area contributed by atoms with Crippen LogP contribution in [0.15, 0.2) is 14.1 Å². The van der Waals surface area contributed by atoms with E-state index in [0.29, 0.717) is 9.35 Å². The summed E-state index contributed by atoms with van der Waals surface area (Å²) in [4.78, 5) is 0. The van der Waals surface area contributed by atoms with Gasteiger partial charge in [-0.25, -0.2) is 13.6 Å². The van der Waals surface area contributed by atoms with E-state index in [4.69, 9.17) is 5.14 Å². The minimum atomic E-state index is -3.66. The average Bonchev–Trinajstić information content (AvgIpc) is 2.29. The normalized spacial score (nSPS) is 14.5. The topological polar surface area (TPSA) is 80.4 Å². The third-order valence-electron chi connectivity index (χ3n) is 1.42. The van der Waals surface area contributed by atoms with Crippen molar-refractivity contribution in [2.24, 2.45) is 5.14 Å². The van der Waals surface area contributed by atoms with Crippen molar-refractivity contribution in [3.63, 3.8) is 0 Å². The number of thiophene rings is 1. The Morgan fingerprint density at radius 3 is 2.46 bits per heavy atom. The van der Waals surface area contributed by atoms with E-state index >= 15 is 0 Å². The molecule has 0 aliphatic rings. The molecule has 0 aromatic carbocycles. The van der Waals surface area contributed by atoms with Crippen LogP contribution in [0.25, 0.3) is 0 Å². The molecule has 0 saturated carbocycles. The van der Waals surface area contributed by atoms with Gasteiger partial charge < -0.3 is 5.11 Å². The number of aliphatic hydroxyl groups excluding tert-OH is 1. The molecule has 1 unspecified atom stereocenters. The Morgan fingerprint density at radius 2 is 2.23 bits per heavy atom. The van der Waals surface area contributed by atoms with Gasteiger partial charge in [0.25, 0.3) is 0 Å². The van der Waals surface area contributed by atoms with Crippen LogP contribution in [0.4, 0.5) is 0 Å². The molecule has 1 aromatic heterocycles. The van der Waals surface area contributed by atoms with Crippen molar-refractivity contribution in [3.05, 3.63) is 15.4 Å². The SMILES string of the molecule is CC(O)c1cc(S(N)(=O)=O)sc1Br. The van der Waals surface area contributed by atoms with Crippen molar-refractivity contribution in [1.29, 1.82) is 0 Å². The number of aliphatic hydroxyl groups is 1. The van der Waals surface area contributed by atoms with Gasteiger partial charge in [0, 0.05) is 5.56 Å². The lowest BCUT2D eigenvalue weighted by atomic mass is 10.2. The van der Waals surface area contributed by atoms with Gasteiger partial charge in [-0.1, -0.05) is 0 Å². The number of hydrogen-bond donors (Lipinski definition) is 2. The van der Waals surface area contributed by atoms with E-state index in [1.54, 1.807) is 6.92 Å². The molecule has 3 N–H and O–H groups in total. The lowest BCUT2D eigenvalue weighted by molar-refractivity contribution is 0.199. The van der Waals surface area contributed by atoms with E-state index in [0.717, 1.165) is 11.3 Å². The highest BCUT2D eigenvalue weighted by Gasteiger charge is 2.17. The van der Waals surface area contributed by atoms with Gasteiger partial charge in [0.1, 0.15) is 4.21 Å². The Kier molecular flexibility index (Phi) is 3.13. The standard InChI is InChI=1S/C6H8BrNO3S2/c1-3(9)4-2-5(12-6(4)7)13(8,10)11/h2-3,9H,1H3,(H2,8,10,11). The van der Waals surface area contributed by atoms with Gasteiger partial charge in [-0.3, -0.25) is 0 Å². The number of sulfonamides is 1. The molecule has 1 rings (SSSR count). The Bertz CT molecular complexity index is 410. The molecule has 4 nitrogen and oxygen atoms in total. The second kappa shape index (κ2) is 3.66. The maximum atomic E-state index is 10.9. The van der Waals surface area contributed by atoms with Crippen LogP contribution in [-0.4, -0.2) is 13.5 Å². The van der Waals surface area contributed by atoms with Gasteiger partial charge in [0.15, 0.2) is 0 Å². The highest BCUT2D eigenvalue weighted by atomic mass is 79.9. The van der Waals surface area contributed by atoms with E-state index in [9.17, 15) is 13.5 Å². The largest absolute Gasteiger partial charge is 0.389 e. The Labute approximate surface area is 88.6 Å². The van der Waals surface area contributed by atoms with Crippen LogP contribution in [0.3, 0.4) is 0 Å². The molecule has 74 valence electrons. The van der Waals surface area contributed by atoms with Gasteiger partial charge in [-0.05, 0) is 28.9 Å². The number of rotatable bonds is 2. The van der Waals surface area contributed by atoms with Crippen LogP contribution >= 0.6 is 27.3 Å². The second-order valence-corrected chi connectivity index (χ2v) is 6.67. The molecule has 0 bridgehead atoms. The summed E-state index contributed by atoms with van der Waals surface area (Å²) in [6.07, 6.45) is -0.707. The first-order valence-electron chi connectivity index (χ1n) is 3.32. The highest BCUT2D eigenvalue weighted by molar-refractivity contribution is 9.11. The molecule has 1 atom stereocenters. The van der Waals surface area contributed by atoms with Crippen molar-refractivity contribution < 1.29 is 13.5 Å². The van der Waals surface area contributed by atoms with Crippen molar-refractivity contribution in [3.8, 4) is 0 Å². The van der Waals surface area contributed by atoms with E-state index in [1.807, 2.05) is 0 Å². The summed E-state index contributed by atoms with van der Waals surface area (Å²) in [5.74, 6) is 0. The van der Waals surface area contributed by atoms with Crippen LogP contribution in [0.2, 0.25) is 0 Å². The summed E-state index contributed by atoms with van der Waals surface area (Å²) < 4.78 is 22.5. The fraction of sp³-hybridized carbons (Fsp3) is 0.333. The van der Waals surface area contributed by atoms with Crippen LogP contribution in [0.5, 0.6) is 0 Å². The van der Waals surface area contributed by atoms with Crippen molar-refractivity contribution >= 4 is 37.3 Å². The van der Waals surface area contributed by atoms with Crippen LogP contribution in [0.1, 0.15) is 18.6 Å². The first-order valence-corrected chi connectivity index (χ1v) is 6.48. The molecular formula is C6H8BrNO3S2. The zero-order valence-electron chi connectivity index (χ0n) is 6.69. The first kappa shape index (κ1) is 11.1. The number of halogens is 1. The third kappa shape index (κ3) is 2.50. The minimum Gasteiger partial charge on any atom is -0.389 e. The fourth-order valence-electron chi connectivity index (χ4n) is 0.785. The molecule has 13 heavy (non-hydrogen) atoms. The summed E-state index contributed by atoms with van der Waals surface area (Å²) in [6, 6.07) is 1.37. The fourth-order valence-corrected chi connectivity index (χ4v) is 3.79. The summed E-state index contributed by atoms with van der Waals surface area (Å²) >= 11 is 4.14. The second-order valence-electron chi connectivity index (χ2n) is 2.52. The van der Waals surface area contributed by atoms with Crippen molar-refractivity contribution in [2.75, 3.05) is 0 Å². The zero-order valence-corrected chi connectivity index (χ0v) is 9.91. The number of hydrogen-bond acceptors (Lipinski definition) is 4. The molecule has 0 radical (unpaired) electrons. The lowest BCUT2D eigenvalue weighted by Gasteiger charge is -1.99. The molecule has 7 heteroatoms. The first-order chi connectivity index (χ1) is 5.82. The molecule has 1 aromatic rings. The van der Waals surface area contributed by atoms with Gasteiger partial charge in [0.05, 0.1) is 9.89 Å². The summed E-state index contributed by atoms with van der Waals surface area (Å²) in [5, 5.41) is 14.1. The minimum absolute atomic E-state index is 0.0512. The Morgan fingerprint density at radius 1 is 1.69 bits per heavy atom. The Balaban J connectivity index is 3.25. The summed E-state index contributed by atoms with van der Waals surface area (Å²) in [6.45, 7) is 1.56. The van der Waals surface area contributed by atoms with E-state index < -0.39 is 16.1 Å². The summed E-state index contributed by atoms with van der Waals surface area (Å²) in [7, 11) is -3.66. The molecule has 0 aliphatic carbocycles. The van der Waals surface area contributed by atoms with Crippen molar-refractivity contribution in [2.45, 2.75) is 17.2 Å². The van der Waals surface area contributed by atoms with Gasteiger partial charge >= 0.3 is 0 Å². The van der Waals surface area contributed by atoms with E-state index in [2.05, 4.69) is 15.9 Å². The van der Waals surface area contributed by atoms with E-state index in [1.165, 1.54) is 6.07 Å². The molecule has 0 aliphatic heterocycles. The van der Waals surface area contributed by atoms with Gasteiger partial charge in [-0.15, -0.1) is 11.3 Å². The predicted octanol–water partition coefficient (Wildman–Crippen LogP) is 1.21. The molecule has 0 saturated heterocycles. The highest BCUT2D eigenvalue weighted by Crippen LogP contribution is 2.34. The molecule has 0 spiro atoms. The third-order valence-corrected chi connectivity index (χ3v) is 4.72. The quantitative estimate of drug-likeness (QED) is 0.857. The van der Waals surface area contributed by atoms with Crippen molar-refractivity contribution in [1.82, 2.24) is 0 Å². The molecule has 0 amide bonds. The lowest BCUT2D eigenvalue weighted by Crippen LogP contribution is -2.10. The molecular weight excluding hydrogens is 278 g/mol. The number of nitrogens with two attached hydrogens (primary N) is 1. The van der Waals surface area contributed by atoms with Crippen LogP contribution in [0, 0.1) is 0 Å². The molecule has 0 fully saturated rings. The van der Waals surface area contributed by atoms with Gasteiger partial charge in [0.2, 0.25) is 10.0 Å². The maximum Gasteiger partial charge on any atom is 0.247 e. The van der Waals surface area contributed by atoms with E-state index in [-0.39, 0.29) is 4.21 Å². The van der Waals surface area contributed by atoms with Crippen LogP contribution < -0.4 is 5.14 Å². The van der Waals surface area contributed by atoms with Gasteiger partial charge in [-0.2, -0.15) is 0 Å². The summed E-state index contributed by atoms with van der Waals surface area (Å²) in [5.41, 5.74) is 0.536. The Hall–Kier alpha value is 0.0500. The molecule has 1 heterocycles. The zero-order chi connectivity index (χ0) is 10.2. The smallest absolute Gasteiger partial charge is 0.247 e. The maximum absolute atomic E-state index is 10.9. The van der Waals surface area contributed by atoms with Crippen LogP contribution in [-0.2, 0) is 10.0 Å². The monoisotopic (exact) mass is 285 g/mol.